The fraction of sp³-hybridized carbons (Fsp3) is 0.889. The molecule has 1 amide bonds. The number of carbonyl (C=O) groups is 1. The molecule has 0 aromatic heterocycles. The van der Waals surface area contributed by atoms with E-state index in [1.807, 2.05) is 0 Å². The lowest BCUT2D eigenvalue weighted by Gasteiger charge is -2.15. The first-order valence-corrected chi connectivity index (χ1v) is 4.92. The molecule has 1 atom stereocenters. The number of nitrogens with two attached hydrogens (primary N) is 1. The summed E-state index contributed by atoms with van der Waals surface area (Å²) in [5.74, 6) is -0.401. The second-order valence-corrected chi connectivity index (χ2v) is 3.73. The summed E-state index contributed by atoms with van der Waals surface area (Å²) in [5, 5.41) is 2.39. The number of nitrogens with one attached hydrogen (secondary N) is 1. The maximum absolute atomic E-state index is 11.6. The molecule has 0 bridgehead atoms. The van der Waals surface area contributed by atoms with Crippen molar-refractivity contribution in [3.63, 3.8) is 0 Å². The van der Waals surface area contributed by atoms with Gasteiger partial charge in [0.25, 0.3) is 0 Å². The van der Waals surface area contributed by atoms with Gasteiger partial charge >= 0.3 is 6.18 Å². The fourth-order valence-corrected chi connectivity index (χ4v) is 0.855. The minimum atomic E-state index is -4.33. The molecule has 3 N–H and O–H groups in total. The van der Waals surface area contributed by atoms with E-state index in [4.69, 9.17) is 5.73 Å². The van der Waals surface area contributed by atoms with Crippen LogP contribution in [0.25, 0.3) is 0 Å². The molecule has 96 valence electrons. The molecule has 0 aliphatic heterocycles. The van der Waals surface area contributed by atoms with Gasteiger partial charge in [0.2, 0.25) is 5.91 Å². The number of carbonyl (C=O) groups excluding carboxylic acids is 1. The lowest BCUT2D eigenvalue weighted by molar-refractivity contribution is -0.173. The summed E-state index contributed by atoms with van der Waals surface area (Å²) < 4.78 is 39.2. The smallest absolute Gasteiger partial charge is 0.370 e. The Balaban J connectivity index is 3.56. The Morgan fingerprint density at radius 1 is 1.44 bits per heavy atom. The van der Waals surface area contributed by atoms with Crippen LogP contribution in [0.5, 0.6) is 0 Å². The Kier molecular flexibility index (Phi) is 6.35. The SMILES string of the molecule is CC(C)C(N)C(=O)NCCOCC(F)(F)F. The first-order chi connectivity index (χ1) is 7.24. The normalized spacial score (nSPS) is 13.9. The van der Waals surface area contributed by atoms with Crippen molar-refractivity contribution in [3.05, 3.63) is 0 Å². The number of amides is 1. The molecule has 4 nitrogen and oxygen atoms in total. The third-order valence-corrected chi connectivity index (χ3v) is 1.83. The van der Waals surface area contributed by atoms with Crippen molar-refractivity contribution in [2.45, 2.75) is 26.1 Å². The van der Waals surface area contributed by atoms with Gasteiger partial charge in [0.15, 0.2) is 0 Å². The first kappa shape index (κ1) is 15.2. The Hall–Kier alpha value is -0.820. The van der Waals surface area contributed by atoms with Crippen molar-refractivity contribution in [2.24, 2.45) is 11.7 Å². The molecule has 0 aromatic carbocycles. The van der Waals surface area contributed by atoms with E-state index in [1.54, 1.807) is 13.8 Å². The maximum Gasteiger partial charge on any atom is 0.411 e. The summed E-state index contributed by atoms with van der Waals surface area (Å²) in [6.45, 7) is 2.10. The van der Waals surface area contributed by atoms with Gasteiger partial charge in [-0.2, -0.15) is 13.2 Å². The van der Waals surface area contributed by atoms with Crippen LogP contribution >= 0.6 is 0 Å². The van der Waals surface area contributed by atoms with Gasteiger partial charge in [-0.05, 0) is 5.92 Å². The second kappa shape index (κ2) is 6.70. The average molecular weight is 242 g/mol. The molecule has 0 saturated carbocycles. The Labute approximate surface area is 92.3 Å². The van der Waals surface area contributed by atoms with Gasteiger partial charge in [-0.1, -0.05) is 13.8 Å². The molecule has 0 rings (SSSR count). The third kappa shape index (κ3) is 7.47. The molecule has 0 heterocycles. The number of hydrogen-bond acceptors (Lipinski definition) is 3. The molecule has 0 spiro atoms. The highest BCUT2D eigenvalue weighted by Gasteiger charge is 2.27. The molecular formula is C9H17F3N2O2. The molecule has 16 heavy (non-hydrogen) atoms. The van der Waals surface area contributed by atoms with Gasteiger partial charge in [-0.25, -0.2) is 0 Å². The highest BCUT2D eigenvalue weighted by Crippen LogP contribution is 2.13. The van der Waals surface area contributed by atoms with E-state index in [0.29, 0.717) is 0 Å². The van der Waals surface area contributed by atoms with E-state index < -0.39 is 18.8 Å². The zero-order valence-electron chi connectivity index (χ0n) is 9.30. The largest absolute Gasteiger partial charge is 0.411 e. The number of ether oxygens (including phenoxy) is 1. The quantitative estimate of drug-likeness (QED) is 0.673. The second-order valence-electron chi connectivity index (χ2n) is 3.73. The van der Waals surface area contributed by atoms with Gasteiger partial charge in [0.1, 0.15) is 6.61 Å². The van der Waals surface area contributed by atoms with Crippen molar-refractivity contribution in [1.82, 2.24) is 5.32 Å². The van der Waals surface area contributed by atoms with Crippen LogP contribution < -0.4 is 11.1 Å². The minimum Gasteiger partial charge on any atom is -0.370 e. The summed E-state index contributed by atoms with van der Waals surface area (Å²) in [5.41, 5.74) is 5.51. The van der Waals surface area contributed by atoms with Crippen LogP contribution in [0, 0.1) is 5.92 Å². The van der Waals surface area contributed by atoms with E-state index in [2.05, 4.69) is 10.1 Å². The predicted octanol–water partition coefficient (Wildman–Crippen LogP) is 0.665. The van der Waals surface area contributed by atoms with E-state index in [-0.39, 0.29) is 25.0 Å². The molecule has 0 fully saturated rings. The van der Waals surface area contributed by atoms with E-state index in [1.165, 1.54) is 0 Å². The molecule has 7 heteroatoms. The van der Waals surface area contributed by atoms with Gasteiger partial charge in [0, 0.05) is 6.54 Å². The number of hydrogen-bond donors (Lipinski definition) is 2. The molecule has 1 unspecified atom stereocenters. The minimum absolute atomic E-state index is 0.0175. The van der Waals surface area contributed by atoms with Crippen molar-refractivity contribution >= 4 is 5.91 Å². The number of halogens is 3. The summed E-state index contributed by atoms with van der Waals surface area (Å²) in [6.07, 6.45) is -4.33. The monoisotopic (exact) mass is 242 g/mol. The zero-order valence-corrected chi connectivity index (χ0v) is 9.30. The van der Waals surface area contributed by atoms with Crippen LogP contribution in [0.15, 0.2) is 0 Å². The van der Waals surface area contributed by atoms with Crippen LogP contribution in [0.2, 0.25) is 0 Å². The van der Waals surface area contributed by atoms with Crippen molar-refractivity contribution in [3.8, 4) is 0 Å². The fourth-order valence-electron chi connectivity index (χ4n) is 0.855. The van der Waals surface area contributed by atoms with Crippen LogP contribution in [0.3, 0.4) is 0 Å². The Morgan fingerprint density at radius 2 is 2.00 bits per heavy atom. The molecular weight excluding hydrogens is 225 g/mol. The predicted molar refractivity (Wildman–Crippen MR) is 52.7 cm³/mol. The summed E-state index contributed by atoms with van der Waals surface area (Å²) in [7, 11) is 0. The highest BCUT2D eigenvalue weighted by atomic mass is 19.4. The third-order valence-electron chi connectivity index (χ3n) is 1.83. The van der Waals surface area contributed by atoms with Crippen LogP contribution in [0.4, 0.5) is 13.2 Å². The van der Waals surface area contributed by atoms with Crippen molar-refractivity contribution in [1.29, 1.82) is 0 Å². The molecule has 0 aliphatic carbocycles. The van der Waals surface area contributed by atoms with E-state index >= 15 is 0 Å². The van der Waals surface area contributed by atoms with Gasteiger partial charge in [-0.15, -0.1) is 0 Å². The maximum atomic E-state index is 11.6. The van der Waals surface area contributed by atoms with Crippen LogP contribution in [-0.4, -0.2) is 37.9 Å². The van der Waals surface area contributed by atoms with Crippen molar-refractivity contribution in [2.75, 3.05) is 19.8 Å². The van der Waals surface area contributed by atoms with Gasteiger partial charge in [0.05, 0.1) is 12.6 Å². The van der Waals surface area contributed by atoms with Crippen molar-refractivity contribution < 1.29 is 22.7 Å². The summed E-state index contributed by atoms with van der Waals surface area (Å²) >= 11 is 0. The molecule has 0 saturated heterocycles. The van der Waals surface area contributed by atoms with E-state index in [0.717, 1.165) is 0 Å². The summed E-state index contributed by atoms with van der Waals surface area (Å²) in [4.78, 5) is 11.2. The molecule has 0 aromatic rings. The first-order valence-electron chi connectivity index (χ1n) is 4.92. The summed E-state index contributed by atoms with van der Waals surface area (Å²) in [6, 6.07) is -0.650. The van der Waals surface area contributed by atoms with Crippen LogP contribution in [-0.2, 0) is 9.53 Å². The lowest BCUT2D eigenvalue weighted by Crippen LogP contribution is -2.45. The van der Waals surface area contributed by atoms with E-state index in [9.17, 15) is 18.0 Å². The Bertz CT molecular complexity index is 219. The molecule has 0 aliphatic rings. The van der Waals surface area contributed by atoms with Gasteiger partial charge in [-0.3, -0.25) is 4.79 Å². The molecule has 0 radical (unpaired) electrons. The number of alkyl halides is 3. The highest BCUT2D eigenvalue weighted by molar-refractivity contribution is 5.81. The number of rotatable bonds is 6. The lowest BCUT2D eigenvalue weighted by atomic mass is 10.1. The average Bonchev–Trinajstić information content (AvgIpc) is 2.13. The topological polar surface area (TPSA) is 64.4 Å². The van der Waals surface area contributed by atoms with Gasteiger partial charge < -0.3 is 15.8 Å². The standard InChI is InChI=1S/C9H17F3N2O2/c1-6(2)7(13)8(15)14-3-4-16-5-9(10,11)12/h6-7H,3-5,13H2,1-2H3,(H,14,15). The Morgan fingerprint density at radius 3 is 2.44 bits per heavy atom. The van der Waals surface area contributed by atoms with Crippen LogP contribution in [0.1, 0.15) is 13.8 Å². The zero-order chi connectivity index (χ0) is 12.8.